The lowest BCUT2D eigenvalue weighted by atomic mass is 10.2. The van der Waals surface area contributed by atoms with Gasteiger partial charge in [0.2, 0.25) is 11.8 Å². The Balaban J connectivity index is 1.69. The molecule has 2 fully saturated rings. The molecular formula is C6H10N4O2S2. The van der Waals surface area contributed by atoms with Crippen LogP contribution in [0.2, 0.25) is 0 Å². The largest absolute Gasteiger partial charge is 0.340 e. The van der Waals surface area contributed by atoms with E-state index in [9.17, 15) is 9.59 Å². The molecule has 2 aliphatic heterocycles. The molecule has 4 unspecified atom stereocenters. The van der Waals surface area contributed by atoms with Crippen LogP contribution in [0.25, 0.3) is 0 Å². The van der Waals surface area contributed by atoms with Crippen LogP contribution in [0.4, 0.5) is 0 Å². The highest BCUT2D eigenvalue weighted by molar-refractivity contribution is 8.77. The Morgan fingerprint density at radius 1 is 0.929 bits per heavy atom. The molecule has 0 bridgehead atoms. The highest BCUT2D eigenvalue weighted by atomic mass is 33.1. The van der Waals surface area contributed by atoms with Gasteiger partial charge in [0.1, 0.15) is 22.8 Å². The maximum absolute atomic E-state index is 10.7. The molecule has 2 heterocycles. The third kappa shape index (κ3) is 1.58. The molecule has 78 valence electrons. The molecule has 2 amide bonds. The summed E-state index contributed by atoms with van der Waals surface area (Å²) >= 11 is 0. The van der Waals surface area contributed by atoms with Gasteiger partial charge in [-0.2, -0.15) is 0 Å². The van der Waals surface area contributed by atoms with Crippen LogP contribution >= 0.6 is 21.6 Å². The van der Waals surface area contributed by atoms with Crippen molar-refractivity contribution < 1.29 is 9.59 Å². The quantitative estimate of drug-likeness (QED) is 0.330. The molecule has 14 heavy (non-hydrogen) atoms. The third-order valence-corrected chi connectivity index (χ3v) is 5.02. The minimum absolute atomic E-state index is 0.0720. The topological polar surface area (TPSA) is 110 Å². The van der Waals surface area contributed by atoms with Gasteiger partial charge in [-0.15, -0.1) is 0 Å². The first-order chi connectivity index (χ1) is 6.59. The molecule has 0 spiro atoms. The van der Waals surface area contributed by atoms with Crippen LogP contribution < -0.4 is 22.1 Å². The van der Waals surface area contributed by atoms with Gasteiger partial charge in [-0.05, 0) is 0 Å². The first-order valence-corrected chi connectivity index (χ1v) is 6.31. The number of amides is 2. The first kappa shape index (κ1) is 10.1. The average Bonchev–Trinajstić information content (AvgIpc) is 2.20. The number of nitrogens with two attached hydrogens (primary N) is 2. The predicted octanol–water partition coefficient (Wildman–Crippen LogP) is -2.07. The van der Waals surface area contributed by atoms with Gasteiger partial charge in [0.15, 0.2) is 0 Å². The Morgan fingerprint density at radius 3 is 1.50 bits per heavy atom. The number of rotatable bonds is 3. The Morgan fingerprint density at radius 2 is 1.29 bits per heavy atom. The zero-order valence-corrected chi connectivity index (χ0v) is 8.73. The Kier molecular flexibility index (Phi) is 2.60. The van der Waals surface area contributed by atoms with E-state index in [1.807, 2.05) is 0 Å². The van der Waals surface area contributed by atoms with Gasteiger partial charge in [0.05, 0.1) is 0 Å². The van der Waals surface area contributed by atoms with Crippen molar-refractivity contribution in [2.75, 3.05) is 0 Å². The highest BCUT2D eigenvalue weighted by Gasteiger charge is 2.41. The van der Waals surface area contributed by atoms with E-state index in [2.05, 4.69) is 10.6 Å². The molecule has 0 aliphatic carbocycles. The molecule has 0 aromatic heterocycles. The fraction of sp³-hybridized carbons (Fsp3) is 0.667. The van der Waals surface area contributed by atoms with Gasteiger partial charge in [-0.3, -0.25) is 9.59 Å². The van der Waals surface area contributed by atoms with Crippen molar-refractivity contribution in [2.24, 2.45) is 11.5 Å². The van der Waals surface area contributed by atoms with E-state index in [0.29, 0.717) is 0 Å². The van der Waals surface area contributed by atoms with Crippen molar-refractivity contribution in [3.63, 3.8) is 0 Å². The maximum Gasteiger partial charge on any atom is 0.240 e. The summed E-state index contributed by atoms with van der Waals surface area (Å²) in [6.07, 6.45) is 0. The number of nitrogens with one attached hydrogen (secondary N) is 2. The molecule has 2 saturated heterocycles. The predicted molar refractivity (Wildman–Crippen MR) is 55.0 cm³/mol. The van der Waals surface area contributed by atoms with Gasteiger partial charge in [0.25, 0.3) is 0 Å². The van der Waals surface area contributed by atoms with E-state index in [-0.39, 0.29) is 22.6 Å². The number of hydrogen-bond acceptors (Lipinski definition) is 6. The standard InChI is InChI=1S/C6H10N4O2S2/c7-1-3(11)9-5(1)13-14-6-2(8)4(12)10-6/h1-2,5-6H,7-8H2,(H,9,11)(H,10,12). The average molecular weight is 234 g/mol. The molecule has 0 aromatic rings. The molecule has 2 aliphatic rings. The summed E-state index contributed by atoms with van der Waals surface area (Å²) in [6.45, 7) is 0. The van der Waals surface area contributed by atoms with Gasteiger partial charge in [0, 0.05) is 0 Å². The van der Waals surface area contributed by atoms with E-state index in [1.54, 1.807) is 0 Å². The summed E-state index contributed by atoms with van der Waals surface area (Å²) in [5.74, 6) is -0.268. The van der Waals surface area contributed by atoms with Crippen LogP contribution in [0, 0.1) is 0 Å². The summed E-state index contributed by atoms with van der Waals surface area (Å²) < 4.78 is 0. The summed E-state index contributed by atoms with van der Waals surface area (Å²) in [5.41, 5.74) is 11.0. The molecule has 0 aromatic carbocycles. The molecule has 8 heteroatoms. The normalized spacial score (nSPS) is 40.7. The maximum atomic E-state index is 10.7. The van der Waals surface area contributed by atoms with E-state index in [0.717, 1.165) is 0 Å². The molecule has 6 nitrogen and oxygen atoms in total. The number of carbonyl (C=O) groups excluding carboxylic acids is 2. The zero-order chi connectivity index (χ0) is 10.3. The zero-order valence-electron chi connectivity index (χ0n) is 7.10. The van der Waals surface area contributed by atoms with Crippen LogP contribution in [-0.2, 0) is 9.59 Å². The van der Waals surface area contributed by atoms with E-state index >= 15 is 0 Å². The second kappa shape index (κ2) is 3.61. The van der Waals surface area contributed by atoms with Gasteiger partial charge in [-0.25, -0.2) is 0 Å². The van der Waals surface area contributed by atoms with Gasteiger partial charge >= 0.3 is 0 Å². The van der Waals surface area contributed by atoms with Crippen molar-refractivity contribution >= 4 is 33.4 Å². The third-order valence-electron chi connectivity index (χ3n) is 2.09. The van der Waals surface area contributed by atoms with Crippen LogP contribution in [0.15, 0.2) is 0 Å². The Hall–Kier alpha value is -0.440. The van der Waals surface area contributed by atoms with Crippen molar-refractivity contribution in [1.29, 1.82) is 0 Å². The minimum atomic E-state index is -0.445. The van der Waals surface area contributed by atoms with Crippen molar-refractivity contribution in [3.8, 4) is 0 Å². The second-order valence-electron chi connectivity index (χ2n) is 3.10. The fourth-order valence-corrected chi connectivity index (χ4v) is 3.80. The second-order valence-corrected chi connectivity index (χ2v) is 5.66. The van der Waals surface area contributed by atoms with Crippen LogP contribution in [-0.4, -0.2) is 34.6 Å². The highest BCUT2D eigenvalue weighted by Crippen LogP contribution is 2.36. The molecular weight excluding hydrogens is 224 g/mol. The number of carbonyl (C=O) groups is 2. The smallest absolute Gasteiger partial charge is 0.240 e. The lowest BCUT2D eigenvalue weighted by molar-refractivity contribution is -0.128. The van der Waals surface area contributed by atoms with Crippen LogP contribution in [0.5, 0.6) is 0 Å². The minimum Gasteiger partial charge on any atom is -0.340 e. The first-order valence-electron chi connectivity index (χ1n) is 4.03. The molecule has 4 atom stereocenters. The molecule has 2 rings (SSSR count). The Bertz CT molecular complexity index is 259. The van der Waals surface area contributed by atoms with E-state index in [4.69, 9.17) is 11.5 Å². The lowest BCUT2D eigenvalue weighted by Gasteiger charge is -2.37. The summed E-state index contributed by atoms with van der Waals surface area (Å²) in [5, 5.41) is 5.15. The molecule has 6 N–H and O–H groups in total. The van der Waals surface area contributed by atoms with Crippen molar-refractivity contribution in [2.45, 2.75) is 22.8 Å². The fourth-order valence-electron chi connectivity index (χ4n) is 1.02. The van der Waals surface area contributed by atoms with E-state index < -0.39 is 12.1 Å². The summed E-state index contributed by atoms with van der Waals surface area (Å²) in [6, 6.07) is -0.890. The van der Waals surface area contributed by atoms with Gasteiger partial charge in [-0.1, -0.05) is 21.6 Å². The molecule has 0 radical (unpaired) electrons. The number of β-lactam (4-membered cyclic amide) rings is 2. The van der Waals surface area contributed by atoms with Gasteiger partial charge < -0.3 is 22.1 Å². The molecule has 0 saturated carbocycles. The van der Waals surface area contributed by atoms with Crippen molar-refractivity contribution in [3.05, 3.63) is 0 Å². The van der Waals surface area contributed by atoms with Crippen LogP contribution in [0.3, 0.4) is 0 Å². The summed E-state index contributed by atoms with van der Waals surface area (Å²) in [7, 11) is 2.86. The Labute approximate surface area is 88.3 Å². The monoisotopic (exact) mass is 234 g/mol. The van der Waals surface area contributed by atoms with Crippen molar-refractivity contribution in [1.82, 2.24) is 10.6 Å². The summed E-state index contributed by atoms with van der Waals surface area (Å²) in [4.78, 5) is 21.5. The number of hydrogen-bond donors (Lipinski definition) is 4. The van der Waals surface area contributed by atoms with Crippen LogP contribution in [0.1, 0.15) is 0 Å². The van der Waals surface area contributed by atoms with E-state index in [1.165, 1.54) is 21.6 Å². The SMILES string of the molecule is NC1C(=O)NC1SSC1NC(=O)C1N. The lowest BCUT2D eigenvalue weighted by Crippen LogP contribution is -2.66.